The first-order valence-corrected chi connectivity index (χ1v) is 14.8. The standard InChI is InChI=1S/C27H44N8O9/c1-27(2,32-20(38)12-30-22(40)15(28)13-36)26(44)35-11-5-8-19(35)25(43)34-10-4-7-18(34)24(42)33-9-3-6-17(33)23(41)31-16(14-37)21(29)39/h15-19,36-37H,3-14,28H2,1-2H3,(H2,29,39)(H,30,40)(H,31,41)(H,32,38)/t15-,16-,17-,18-,19-/m0/s1. The molecule has 0 bridgehead atoms. The maximum atomic E-state index is 13.8. The summed E-state index contributed by atoms with van der Waals surface area (Å²) in [6.07, 6.45) is 2.71. The molecule has 0 aliphatic carbocycles. The van der Waals surface area contributed by atoms with E-state index in [1.807, 2.05) is 0 Å². The molecule has 3 rings (SSSR count). The number of amides is 7. The minimum Gasteiger partial charge on any atom is -0.394 e. The summed E-state index contributed by atoms with van der Waals surface area (Å²) in [5, 5.41) is 25.5. The lowest BCUT2D eigenvalue weighted by Crippen LogP contribution is -2.61. The molecule has 0 spiro atoms. The summed E-state index contributed by atoms with van der Waals surface area (Å²) < 4.78 is 0. The van der Waals surface area contributed by atoms with Crippen LogP contribution in [0.1, 0.15) is 52.4 Å². The Morgan fingerprint density at radius 2 is 1.32 bits per heavy atom. The number of nitrogens with one attached hydrogen (secondary N) is 3. The Morgan fingerprint density at radius 1 is 0.818 bits per heavy atom. The number of likely N-dealkylation sites (tertiary alicyclic amines) is 3. The first-order valence-electron chi connectivity index (χ1n) is 14.8. The third-order valence-corrected chi connectivity index (χ3v) is 8.24. The van der Waals surface area contributed by atoms with E-state index in [-0.39, 0.29) is 13.1 Å². The van der Waals surface area contributed by atoms with E-state index >= 15 is 0 Å². The highest BCUT2D eigenvalue weighted by atomic mass is 16.3. The van der Waals surface area contributed by atoms with Crippen molar-refractivity contribution in [3.8, 4) is 0 Å². The van der Waals surface area contributed by atoms with Gasteiger partial charge >= 0.3 is 0 Å². The van der Waals surface area contributed by atoms with Gasteiger partial charge in [0.15, 0.2) is 0 Å². The quantitative estimate of drug-likeness (QED) is 0.109. The lowest BCUT2D eigenvalue weighted by molar-refractivity contribution is -0.152. The van der Waals surface area contributed by atoms with Gasteiger partial charge in [-0.05, 0) is 52.4 Å². The number of nitrogens with two attached hydrogens (primary N) is 2. The topological polar surface area (TPSA) is 258 Å². The van der Waals surface area contributed by atoms with E-state index in [4.69, 9.17) is 16.6 Å². The van der Waals surface area contributed by atoms with Crippen molar-refractivity contribution in [2.24, 2.45) is 11.5 Å². The molecular formula is C27H44N8O9. The Hall–Kier alpha value is -3.83. The number of carbonyl (C=O) groups is 7. The van der Waals surface area contributed by atoms with Crippen LogP contribution in [-0.4, -0.2) is 141 Å². The second-order valence-corrected chi connectivity index (χ2v) is 11.9. The number of carbonyl (C=O) groups excluding carboxylic acids is 7. The van der Waals surface area contributed by atoms with E-state index in [0.717, 1.165) is 0 Å². The van der Waals surface area contributed by atoms with Gasteiger partial charge in [-0.15, -0.1) is 0 Å². The number of aliphatic hydroxyl groups is 2. The summed E-state index contributed by atoms with van der Waals surface area (Å²) in [6, 6.07) is -5.05. The first kappa shape index (κ1) is 34.7. The summed E-state index contributed by atoms with van der Waals surface area (Å²) in [6.45, 7) is 2.06. The third kappa shape index (κ3) is 7.81. The van der Waals surface area contributed by atoms with Gasteiger partial charge in [-0.25, -0.2) is 0 Å². The summed E-state index contributed by atoms with van der Waals surface area (Å²) in [5.74, 6) is -4.22. The molecule has 0 aromatic heterocycles. The highest BCUT2D eigenvalue weighted by molar-refractivity contribution is 5.98. The van der Waals surface area contributed by atoms with Crippen molar-refractivity contribution in [3.05, 3.63) is 0 Å². The summed E-state index contributed by atoms with van der Waals surface area (Å²) >= 11 is 0. The molecule has 3 heterocycles. The Labute approximate surface area is 255 Å². The van der Waals surface area contributed by atoms with Gasteiger partial charge in [0.2, 0.25) is 41.4 Å². The molecule has 5 atom stereocenters. The molecule has 17 heteroatoms. The largest absolute Gasteiger partial charge is 0.394 e. The van der Waals surface area contributed by atoms with Gasteiger partial charge in [-0.3, -0.25) is 33.6 Å². The van der Waals surface area contributed by atoms with Crippen molar-refractivity contribution in [1.82, 2.24) is 30.7 Å². The average molecular weight is 625 g/mol. The number of hydrogen-bond donors (Lipinski definition) is 7. The minimum absolute atomic E-state index is 0.267. The smallest absolute Gasteiger partial charge is 0.248 e. The monoisotopic (exact) mass is 624 g/mol. The third-order valence-electron chi connectivity index (χ3n) is 8.24. The van der Waals surface area contributed by atoms with Crippen LogP contribution in [0.25, 0.3) is 0 Å². The molecule has 0 aromatic rings. The fourth-order valence-electron chi connectivity index (χ4n) is 5.90. The fraction of sp³-hybridized carbons (Fsp3) is 0.741. The number of aliphatic hydroxyl groups excluding tert-OH is 2. The predicted octanol–water partition coefficient (Wildman–Crippen LogP) is -4.75. The van der Waals surface area contributed by atoms with Crippen LogP contribution < -0.4 is 27.4 Å². The SMILES string of the molecule is CC(C)(NC(=O)CNC(=O)[C@@H](N)CO)C(=O)N1CCC[C@H]1C(=O)N1CCC[C@H]1C(=O)N1CCC[C@H]1C(=O)N[C@@H](CO)C(N)=O. The Bertz CT molecular complexity index is 1150. The van der Waals surface area contributed by atoms with E-state index in [2.05, 4.69) is 16.0 Å². The zero-order valence-corrected chi connectivity index (χ0v) is 25.1. The lowest BCUT2D eigenvalue weighted by Gasteiger charge is -2.36. The van der Waals surface area contributed by atoms with Crippen LogP contribution >= 0.6 is 0 Å². The van der Waals surface area contributed by atoms with Crippen LogP contribution in [0.15, 0.2) is 0 Å². The molecule has 17 nitrogen and oxygen atoms in total. The molecule has 3 fully saturated rings. The van der Waals surface area contributed by atoms with E-state index in [1.54, 1.807) is 0 Å². The van der Waals surface area contributed by atoms with Crippen molar-refractivity contribution in [3.63, 3.8) is 0 Å². The van der Waals surface area contributed by atoms with Gasteiger partial charge < -0.3 is 52.3 Å². The maximum absolute atomic E-state index is 13.8. The molecule has 0 saturated carbocycles. The Morgan fingerprint density at radius 3 is 1.84 bits per heavy atom. The first-order chi connectivity index (χ1) is 20.7. The van der Waals surface area contributed by atoms with Crippen molar-refractivity contribution >= 4 is 41.4 Å². The molecule has 0 unspecified atom stereocenters. The van der Waals surface area contributed by atoms with Crippen LogP contribution in [0.3, 0.4) is 0 Å². The van der Waals surface area contributed by atoms with Gasteiger partial charge in [0.05, 0.1) is 19.8 Å². The predicted molar refractivity (Wildman–Crippen MR) is 153 cm³/mol. The van der Waals surface area contributed by atoms with Gasteiger partial charge in [0.1, 0.15) is 35.7 Å². The maximum Gasteiger partial charge on any atom is 0.248 e. The Balaban J connectivity index is 1.66. The van der Waals surface area contributed by atoms with Crippen molar-refractivity contribution in [2.75, 3.05) is 39.4 Å². The fourth-order valence-corrected chi connectivity index (χ4v) is 5.90. The molecule has 44 heavy (non-hydrogen) atoms. The van der Waals surface area contributed by atoms with Crippen molar-refractivity contribution in [1.29, 1.82) is 0 Å². The molecule has 7 amide bonds. The van der Waals surface area contributed by atoms with Gasteiger partial charge in [-0.1, -0.05) is 0 Å². The van der Waals surface area contributed by atoms with E-state index in [0.29, 0.717) is 45.1 Å². The lowest BCUT2D eigenvalue weighted by atomic mass is 10.0. The normalized spacial score (nSPS) is 23.2. The van der Waals surface area contributed by atoms with Crippen LogP contribution in [-0.2, 0) is 33.6 Å². The van der Waals surface area contributed by atoms with E-state index < -0.39 is 96.9 Å². The zero-order chi connectivity index (χ0) is 32.8. The van der Waals surface area contributed by atoms with Crippen LogP contribution in [0.2, 0.25) is 0 Å². The van der Waals surface area contributed by atoms with Gasteiger partial charge in [0.25, 0.3) is 0 Å². The highest BCUT2D eigenvalue weighted by Crippen LogP contribution is 2.29. The average Bonchev–Trinajstić information content (AvgIpc) is 3.77. The molecule has 3 saturated heterocycles. The summed E-state index contributed by atoms with van der Waals surface area (Å²) in [5.41, 5.74) is 9.19. The van der Waals surface area contributed by atoms with E-state index in [1.165, 1.54) is 28.5 Å². The molecule has 0 radical (unpaired) electrons. The molecular weight excluding hydrogens is 580 g/mol. The minimum atomic E-state index is -1.43. The molecule has 9 N–H and O–H groups in total. The molecule has 246 valence electrons. The number of rotatable bonds is 12. The highest BCUT2D eigenvalue weighted by Gasteiger charge is 2.47. The van der Waals surface area contributed by atoms with Crippen molar-refractivity contribution in [2.45, 2.75) is 88.1 Å². The van der Waals surface area contributed by atoms with E-state index in [9.17, 15) is 38.7 Å². The number of hydrogen-bond acceptors (Lipinski definition) is 10. The van der Waals surface area contributed by atoms with Crippen LogP contribution in [0.5, 0.6) is 0 Å². The molecule has 3 aliphatic heterocycles. The number of primary amides is 1. The second kappa shape index (κ2) is 14.8. The van der Waals surface area contributed by atoms with Gasteiger partial charge in [-0.2, -0.15) is 0 Å². The summed E-state index contributed by atoms with van der Waals surface area (Å²) in [4.78, 5) is 93.9. The molecule has 3 aliphatic rings. The van der Waals surface area contributed by atoms with Gasteiger partial charge in [0, 0.05) is 19.6 Å². The van der Waals surface area contributed by atoms with Crippen molar-refractivity contribution < 1.29 is 43.8 Å². The van der Waals surface area contributed by atoms with Crippen LogP contribution in [0, 0.1) is 0 Å². The Kier molecular flexibility index (Phi) is 11.6. The molecule has 0 aromatic carbocycles. The van der Waals surface area contributed by atoms with Crippen LogP contribution in [0.4, 0.5) is 0 Å². The zero-order valence-electron chi connectivity index (χ0n) is 25.1. The summed E-state index contributed by atoms with van der Waals surface area (Å²) in [7, 11) is 0. The number of nitrogens with zero attached hydrogens (tertiary/aromatic N) is 3. The second-order valence-electron chi connectivity index (χ2n) is 11.9.